The maximum atomic E-state index is 11.0. The van der Waals surface area contributed by atoms with Crippen molar-refractivity contribution in [2.75, 3.05) is 0 Å². The van der Waals surface area contributed by atoms with Gasteiger partial charge in [-0.05, 0) is 73.0 Å². The van der Waals surface area contributed by atoms with Gasteiger partial charge in [-0.1, -0.05) is 20.8 Å². The molecule has 4 heteroatoms. The van der Waals surface area contributed by atoms with E-state index in [4.69, 9.17) is 0 Å². The molecule has 24 heavy (non-hydrogen) atoms. The minimum absolute atomic E-state index is 0.132. The van der Waals surface area contributed by atoms with Crippen LogP contribution >= 0.6 is 0 Å². The highest BCUT2D eigenvalue weighted by atomic mass is 16.3. The monoisotopic (exact) mass is 338 g/mol. The summed E-state index contributed by atoms with van der Waals surface area (Å²) in [6.45, 7) is 6.89. The van der Waals surface area contributed by atoms with Gasteiger partial charge >= 0.3 is 0 Å². The van der Waals surface area contributed by atoms with Gasteiger partial charge in [-0.25, -0.2) is 0 Å². The first kappa shape index (κ1) is 17.3. The minimum atomic E-state index is -0.931. The Morgan fingerprint density at radius 3 is 2.25 bits per heavy atom. The fraction of sp³-hybridized carbons (Fsp3) is 1.00. The quantitative estimate of drug-likeness (QED) is 0.544. The summed E-state index contributed by atoms with van der Waals surface area (Å²) in [5.41, 5.74) is 0.104. The Balaban J connectivity index is 1.73. The first-order valence-electron chi connectivity index (χ1n) is 9.91. The SMILES string of the molecule is CC1CC2C3C(O)[C@H](O)C4C(O)[C@H](O)CC[C@]4(C)C3CC[C@]2(C)C1. The zero-order valence-corrected chi connectivity index (χ0v) is 15.2. The fourth-order valence-corrected chi connectivity index (χ4v) is 7.75. The molecule has 4 N–H and O–H groups in total. The highest BCUT2D eigenvalue weighted by Gasteiger charge is 2.65. The van der Waals surface area contributed by atoms with E-state index in [0.29, 0.717) is 24.2 Å². The van der Waals surface area contributed by atoms with Gasteiger partial charge in [-0.15, -0.1) is 0 Å². The highest BCUT2D eigenvalue weighted by Crippen LogP contribution is 2.66. The van der Waals surface area contributed by atoms with Gasteiger partial charge < -0.3 is 20.4 Å². The third-order valence-electron chi connectivity index (χ3n) is 8.78. The number of fused-ring (bicyclic) bond motifs is 5. The zero-order valence-electron chi connectivity index (χ0n) is 15.2. The smallest absolute Gasteiger partial charge is 0.0861 e. The van der Waals surface area contributed by atoms with Crippen molar-refractivity contribution in [3.05, 3.63) is 0 Å². The molecular formula is C20H34O4. The number of aliphatic hydroxyl groups excluding tert-OH is 4. The Hall–Kier alpha value is -0.160. The number of aliphatic hydroxyl groups is 4. The molecule has 0 aromatic heterocycles. The Morgan fingerprint density at radius 2 is 1.54 bits per heavy atom. The van der Waals surface area contributed by atoms with E-state index in [0.717, 1.165) is 19.3 Å². The van der Waals surface area contributed by atoms with Crippen LogP contribution in [0, 0.1) is 40.4 Å². The lowest BCUT2D eigenvalue weighted by molar-refractivity contribution is -0.249. The lowest BCUT2D eigenvalue weighted by Crippen LogP contribution is -2.67. The van der Waals surface area contributed by atoms with E-state index in [1.165, 1.54) is 12.8 Å². The van der Waals surface area contributed by atoms with Crippen LogP contribution in [0.5, 0.6) is 0 Å². The van der Waals surface area contributed by atoms with Gasteiger partial charge in [-0.2, -0.15) is 0 Å². The Labute approximate surface area is 145 Å². The Morgan fingerprint density at radius 1 is 0.833 bits per heavy atom. The van der Waals surface area contributed by atoms with Gasteiger partial charge in [0.1, 0.15) is 0 Å². The molecule has 4 fully saturated rings. The number of hydrogen-bond acceptors (Lipinski definition) is 4. The summed E-state index contributed by atoms with van der Waals surface area (Å²) in [5, 5.41) is 42.6. The van der Waals surface area contributed by atoms with Gasteiger partial charge in [0.15, 0.2) is 0 Å². The molecule has 0 spiro atoms. The molecule has 0 aliphatic heterocycles. The zero-order chi connectivity index (χ0) is 17.4. The summed E-state index contributed by atoms with van der Waals surface area (Å²) < 4.78 is 0. The van der Waals surface area contributed by atoms with Crippen molar-refractivity contribution in [3.8, 4) is 0 Å². The molecule has 0 heterocycles. The summed E-state index contributed by atoms with van der Waals surface area (Å²) in [6, 6.07) is 0. The van der Waals surface area contributed by atoms with Crippen molar-refractivity contribution in [1.82, 2.24) is 0 Å². The number of hydrogen-bond donors (Lipinski definition) is 4. The molecule has 0 bridgehead atoms. The molecule has 138 valence electrons. The van der Waals surface area contributed by atoms with Gasteiger partial charge in [0, 0.05) is 5.92 Å². The molecule has 4 aliphatic carbocycles. The van der Waals surface area contributed by atoms with Crippen molar-refractivity contribution in [1.29, 1.82) is 0 Å². The van der Waals surface area contributed by atoms with Crippen molar-refractivity contribution < 1.29 is 20.4 Å². The summed E-state index contributed by atoms with van der Waals surface area (Å²) in [6.07, 6.45) is 2.66. The van der Waals surface area contributed by atoms with Crippen LogP contribution < -0.4 is 0 Å². The van der Waals surface area contributed by atoms with Crippen molar-refractivity contribution >= 4 is 0 Å². The molecule has 0 amide bonds. The van der Waals surface area contributed by atoms with E-state index in [1.807, 2.05) is 0 Å². The van der Waals surface area contributed by atoms with Gasteiger partial charge in [0.2, 0.25) is 0 Å². The number of rotatable bonds is 0. The summed E-state index contributed by atoms with van der Waals surface area (Å²) >= 11 is 0. The molecule has 4 nitrogen and oxygen atoms in total. The second kappa shape index (κ2) is 5.42. The summed E-state index contributed by atoms with van der Waals surface area (Å²) in [5.74, 6) is 1.21. The van der Waals surface area contributed by atoms with Crippen LogP contribution in [-0.4, -0.2) is 44.8 Å². The van der Waals surface area contributed by atoms with Gasteiger partial charge in [0.25, 0.3) is 0 Å². The first-order valence-corrected chi connectivity index (χ1v) is 9.91. The van der Waals surface area contributed by atoms with E-state index in [9.17, 15) is 20.4 Å². The lowest BCUT2D eigenvalue weighted by atomic mass is 9.43. The van der Waals surface area contributed by atoms with Gasteiger partial charge in [-0.3, -0.25) is 0 Å². The molecule has 7 unspecified atom stereocenters. The predicted octanol–water partition coefficient (Wildman–Crippen LogP) is 1.94. The van der Waals surface area contributed by atoms with Crippen LogP contribution in [0.4, 0.5) is 0 Å². The normalized spacial score (nSPS) is 63.4. The minimum Gasteiger partial charge on any atom is -0.390 e. The fourth-order valence-electron chi connectivity index (χ4n) is 7.75. The van der Waals surface area contributed by atoms with E-state index < -0.39 is 30.3 Å². The summed E-state index contributed by atoms with van der Waals surface area (Å²) in [7, 11) is 0. The molecule has 4 aliphatic rings. The second-order valence-corrected chi connectivity index (χ2v) is 10.1. The Kier molecular flexibility index (Phi) is 3.90. The first-order chi connectivity index (χ1) is 11.2. The second-order valence-electron chi connectivity index (χ2n) is 10.1. The molecule has 4 saturated carbocycles. The largest absolute Gasteiger partial charge is 0.390 e. The molecule has 0 aromatic carbocycles. The predicted molar refractivity (Wildman–Crippen MR) is 91.1 cm³/mol. The van der Waals surface area contributed by atoms with Crippen molar-refractivity contribution in [2.24, 2.45) is 40.4 Å². The van der Waals surface area contributed by atoms with Crippen LogP contribution in [0.25, 0.3) is 0 Å². The van der Waals surface area contributed by atoms with Crippen LogP contribution in [0.2, 0.25) is 0 Å². The van der Waals surface area contributed by atoms with Gasteiger partial charge in [0.05, 0.1) is 24.4 Å². The maximum absolute atomic E-state index is 11.0. The molecule has 0 saturated heterocycles. The Bertz CT molecular complexity index is 510. The van der Waals surface area contributed by atoms with E-state index >= 15 is 0 Å². The standard InChI is InChI=1S/C20H34O4/c1-10-8-12-14-11(4-6-19(12,2)9-10)20(3)7-5-13(21)16(22)15(20)18(24)17(14)23/h10-18,21-24H,4-9H2,1-3H3/t10?,11?,12?,13-,14?,15?,16?,17?,18-,19-,20-/m1/s1. The third kappa shape index (κ3) is 2.12. The van der Waals surface area contributed by atoms with Crippen molar-refractivity contribution in [2.45, 2.75) is 83.7 Å². The van der Waals surface area contributed by atoms with Crippen LogP contribution in [0.3, 0.4) is 0 Å². The molecule has 0 radical (unpaired) electrons. The van der Waals surface area contributed by atoms with E-state index in [2.05, 4.69) is 20.8 Å². The van der Waals surface area contributed by atoms with Crippen LogP contribution in [0.15, 0.2) is 0 Å². The molecular weight excluding hydrogens is 304 g/mol. The van der Waals surface area contributed by atoms with E-state index in [-0.39, 0.29) is 16.7 Å². The average Bonchev–Trinajstić information content (AvgIpc) is 2.82. The highest BCUT2D eigenvalue weighted by molar-refractivity contribution is 5.14. The molecule has 11 atom stereocenters. The van der Waals surface area contributed by atoms with Crippen LogP contribution in [0.1, 0.15) is 59.3 Å². The maximum Gasteiger partial charge on any atom is 0.0861 e. The molecule has 0 aromatic rings. The van der Waals surface area contributed by atoms with E-state index in [1.54, 1.807) is 0 Å². The third-order valence-corrected chi connectivity index (χ3v) is 8.78. The van der Waals surface area contributed by atoms with Crippen LogP contribution in [-0.2, 0) is 0 Å². The molecule has 4 rings (SSSR count). The summed E-state index contributed by atoms with van der Waals surface area (Å²) in [4.78, 5) is 0. The lowest BCUT2D eigenvalue weighted by Gasteiger charge is -2.63. The average molecular weight is 338 g/mol. The van der Waals surface area contributed by atoms with Crippen molar-refractivity contribution in [3.63, 3.8) is 0 Å². The topological polar surface area (TPSA) is 80.9 Å².